The van der Waals surface area contributed by atoms with E-state index in [1.54, 1.807) is 0 Å². The minimum absolute atomic E-state index is 0.0129. The fraction of sp³-hybridized carbons (Fsp3) is 0.238. The first kappa shape index (κ1) is 30.4. The summed E-state index contributed by atoms with van der Waals surface area (Å²) in [5.41, 5.74) is 14.0. The Balaban J connectivity index is 1.60. The molecule has 2 nitrogen and oxygen atoms in total. The summed E-state index contributed by atoms with van der Waals surface area (Å²) in [5, 5.41) is 1.31. The van der Waals surface area contributed by atoms with Gasteiger partial charge in [0.15, 0.2) is 0 Å². The number of nitrogens with zero attached hydrogens (tertiary/aromatic N) is 2. The van der Waals surface area contributed by atoms with Crippen LogP contribution in [0.3, 0.4) is 0 Å². The molecule has 2 aliphatic rings. The van der Waals surface area contributed by atoms with E-state index >= 15 is 0 Å². The van der Waals surface area contributed by atoms with Crippen LogP contribution < -0.4 is 25.5 Å². The molecule has 230 valence electrons. The standard InChI is InChI=1S/C42H43BN2S/c1-10-30(22-20-28(3)41(4,5)6)44-34-26-29(42(7,8)9)21-23-33(34)43-38-35(44)24-27(2)25-36(38)45(31-16-12-11-13-17-31)39-32-18-14-15-19-37(32)46-40(39)43/h10-26H,1H2,2-9H3/b28-20+,30-22+. The van der Waals surface area contributed by atoms with Crippen LogP contribution >= 0.6 is 11.3 Å². The van der Waals surface area contributed by atoms with Crippen molar-refractivity contribution in [3.05, 3.63) is 132 Å². The molecule has 0 spiro atoms. The van der Waals surface area contributed by atoms with Crippen LogP contribution in [0.1, 0.15) is 59.6 Å². The molecule has 5 aromatic rings. The predicted octanol–water partition coefficient (Wildman–Crippen LogP) is 10.3. The molecule has 4 aromatic carbocycles. The number of hydrogen-bond acceptors (Lipinski definition) is 3. The second kappa shape index (κ2) is 10.9. The van der Waals surface area contributed by atoms with Gasteiger partial charge in [0.25, 0.3) is 6.71 Å². The Morgan fingerprint density at radius 3 is 2.20 bits per heavy atom. The average molecular weight is 619 g/mol. The van der Waals surface area contributed by atoms with E-state index in [2.05, 4.69) is 169 Å². The van der Waals surface area contributed by atoms with Gasteiger partial charge in [-0.25, -0.2) is 0 Å². The van der Waals surface area contributed by atoms with E-state index in [9.17, 15) is 0 Å². The second-order valence-corrected chi connectivity index (χ2v) is 16.0. The van der Waals surface area contributed by atoms with Crippen LogP contribution in [-0.4, -0.2) is 6.71 Å². The zero-order valence-corrected chi connectivity index (χ0v) is 29.2. The number of hydrogen-bond donors (Lipinski definition) is 0. The number of benzene rings is 4. The molecule has 0 aliphatic carbocycles. The maximum Gasteiger partial charge on any atom is 0.264 e. The van der Waals surface area contributed by atoms with Crippen molar-refractivity contribution < 1.29 is 0 Å². The van der Waals surface area contributed by atoms with Crippen LogP contribution in [0, 0.1) is 12.3 Å². The van der Waals surface area contributed by atoms with Crippen molar-refractivity contribution in [2.45, 2.75) is 60.8 Å². The first-order valence-electron chi connectivity index (χ1n) is 16.4. The van der Waals surface area contributed by atoms with E-state index in [4.69, 9.17) is 0 Å². The second-order valence-electron chi connectivity index (χ2n) is 14.9. The lowest BCUT2D eigenvalue weighted by molar-refractivity contribution is 0.504. The molecular formula is C42H43BN2S. The molecule has 0 bridgehead atoms. The Morgan fingerprint density at radius 2 is 1.50 bits per heavy atom. The Hall–Kier alpha value is -4.28. The van der Waals surface area contributed by atoms with E-state index in [1.165, 1.54) is 70.9 Å². The zero-order chi connectivity index (χ0) is 32.5. The molecule has 0 unspecified atom stereocenters. The highest BCUT2D eigenvalue weighted by atomic mass is 32.1. The van der Waals surface area contributed by atoms with Crippen LogP contribution in [0.2, 0.25) is 0 Å². The maximum atomic E-state index is 4.37. The van der Waals surface area contributed by atoms with Crippen molar-refractivity contribution in [2.75, 3.05) is 9.80 Å². The minimum atomic E-state index is 0.0129. The average Bonchev–Trinajstić information content (AvgIpc) is 3.40. The monoisotopic (exact) mass is 618 g/mol. The summed E-state index contributed by atoms with van der Waals surface area (Å²) >= 11 is 1.94. The lowest BCUT2D eigenvalue weighted by atomic mass is 9.36. The quantitative estimate of drug-likeness (QED) is 0.143. The third-order valence-electron chi connectivity index (χ3n) is 9.75. The topological polar surface area (TPSA) is 6.48 Å². The summed E-state index contributed by atoms with van der Waals surface area (Å²) in [6.07, 6.45) is 6.57. The van der Waals surface area contributed by atoms with Crippen LogP contribution in [0.15, 0.2) is 121 Å². The summed E-state index contributed by atoms with van der Waals surface area (Å²) in [6, 6.07) is 31.8. The molecule has 2 aliphatic heterocycles. The number of anilines is 5. The van der Waals surface area contributed by atoms with Gasteiger partial charge in [0.1, 0.15) is 0 Å². The highest BCUT2D eigenvalue weighted by Gasteiger charge is 2.45. The maximum absolute atomic E-state index is 4.37. The van der Waals surface area contributed by atoms with Gasteiger partial charge in [-0.3, -0.25) is 0 Å². The van der Waals surface area contributed by atoms with Crippen LogP contribution in [-0.2, 0) is 5.41 Å². The first-order chi connectivity index (χ1) is 21.9. The van der Waals surface area contributed by atoms with Crippen molar-refractivity contribution >= 4 is 72.3 Å². The number of aryl methyl sites for hydroxylation is 1. The van der Waals surface area contributed by atoms with Gasteiger partial charge in [-0.05, 0) is 95.3 Å². The van der Waals surface area contributed by atoms with Crippen molar-refractivity contribution in [3.63, 3.8) is 0 Å². The van der Waals surface area contributed by atoms with E-state index in [0.29, 0.717) is 0 Å². The van der Waals surface area contributed by atoms with Gasteiger partial charge >= 0.3 is 0 Å². The van der Waals surface area contributed by atoms with Gasteiger partial charge in [0, 0.05) is 43.3 Å². The van der Waals surface area contributed by atoms with Gasteiger partial charge < -0.3 is 9.80 Å². The third kappa shape index (κ3) is 4.86. The molecule has 0 radical (unpaired) electrons. The van der Waals surface area contributed by atoms with Crippen LogP contribution in [0.5, 0.6) is 0 Å². The first-order valence-corrected chi connectivity index (χ1v) is 17.2. The highest BCUT2D eigenvalue weighted by molar-refractivity contribution is 7.33. The summed E-state index contributed by atoms with van der Waals surface area (Å²) in [7, 11) is 0. The molecule has 0 saturated carbocycles. The third-order valence-corrected chi connectivity index (χ3v) is 11.0. The summed E-state index contributed by atoms with van der Waals surface area (Å²) < 4.78 is 2.73. The van der Waals surface area contributed by atoms with Gasteiger partial charge in [0.2, 0.25) is 0 Å². The largest absolute Gasteiger partial charge is 0.311 e. The van der Waals surface area contributed by atoms with Gasteiger partial charge in [-0.2, -0.15) is 0 Å². The van der Waals surface area contributed by atoms with E-state index in [1.807, 2.05) is 17.4 Å². The molecule has 4 heteroatoms. The van der Waals surface area contributed by atoms with Gasteiger partial charge in [-0.1, -0.05) is 108 Å². The van der Waals surface area contributed by atoms with Gasteiger partial charge in [0.05, 0.1) is 5.69 Å². The predicted molar refractivity (Wildman–Crippen MR) is 205 cm³/mol. The van der Waals surface area contributed by atoms with E-state index in [0.717, 1.165) is 5.70 Å². The smallest absolute Gasteiger partial charge is 0.264 e. The fourth-order valence-electron chi connectivity index (χ4n) is 6.85. The molecule has 7 rings (SSSR count). The molecule has 46 heavy (non-hydrogen) atoms. The number of fused-ring (bicyclic) bond motifs is 6. The molecule has 0 amide bonds. The van der Waals surface area contributed by atoms with Crippen molar-refractivity contribution in [3.8, 4) is 0 Å². The molecule has 0 saturated heterocycles. The molecule has 1 aromatic heterocycles. The summed E-state index contributed by atoms with van der Waals surface area (Å²) in [4.78, 5) is 5.00. The summed E-state index contributed by atoms with van der Waals surface area (Å²) in [5.74, 6) is 0. The number of allylic oxidation sites excluding steroid dienone is 4. The van der Waals surface area contributed by atoms with E-state index in [-0.39, 0.29) is 17.5 Å². The van der Waals surface area contributed by atoms with Crippen molar-refractivity contribution in [1.29, 1.82) is 0 Å². The molecule has 0 fully saturated rings. The minimum Gasteiger partial charge on any atom is -0.311 e. The van der Waals surface area contributed by atoms with E-state index < -0.39 is 0 Å². The summed E-state index contributed by atoms with van der Waals surface area (Å²) in [6.45, 7) is 22.7. The van der Waals surface area contributed by atoms with Crippen molar-refractivity contribution in [2.24, 2.45) is 5.41 Å². The zero-order valence-electron chi connectivity index (χ0n) is 28.4. The van der Waals surface area contributed by atoms with Crippen molar-refractivity contribution in [1.82, 2.24) is 0 Å². The molecule has 0 atom stereocenters. The Kier molecular flexibility index (Phi) is 7.21. The van der Waals surface area contributed by atoms with Crippen LogP contribution in [0.4, 0.5) is 28.4 Å². The van der Waals surface area contributed by atoms with Crippen LogP contribution in [0.25, 0.3) is 10.1 Å². The fourth-order valence-corrected chi connectivity index (χ4v) is 8.17. The normalized spacial score (nSPS) is 14.7. The Morgan fingerprint density at radius 1 is 0.804 bits per heavy atom. The SMILES string of the molecule is C=C/C(=C\C=C(/C)C(C)(C)C)N1c2cc(C(C)(C)C)ccc2B2c3sc4ccccc4c3N(c3ccccc3)c3cc(C)cc1c32. The lowest BCUT2D eigenvalue weighted by Crippen LogP contribution is -2.61. The molecule has 3 heterocycles. The Labute approximate surface area is 279 Å². The lowest BCUT2D eigenvalue weighted by Gasteiger charge is -2.44. The Bertz CT molecular complexity index is 2070. The number of rotatable bonds is 4. The highest BCUT2D eigenvalue weighted by Crippen LogP contribution is 2.47. The number of para-hydroxylation sites is 1. The van der Waals surface area contributed by atoms with Gasteiger partial charge in [-0.15, -0.1) is 11.3 Å². The molecule has 0 N–H and O–H groups in total. The number of thiophene rings is 1. The molecular weight excluding hydrogens is 575 g/mol.